The monoisotopic (exact) mass is 346 g/mol. The molecule has 7 heteroatoms. The number of amides is 1. The van der Waals surface area contributed by atoms with Crippen molar-refractivity contribution in [2.24, 2.45) is 5.92 Å². The lowest BCUT2D eigenvalue weighted by molar-refractivity contribution is -0.127. The van der Waals surface area contributed by atoms with Crippen LogP contribution in [0.15, 0.2) is 29.2 Å². The number of aliphatic hydroxyl groups excluding tert-OH is 1. The van der Waals surface area contributed by atoms with Crippen molar-refractivity contribution in [1.82, 2.24) is 10.6 Å². The van der Waals surface area contributed by atoms with Crippen molar-refractivity contribution in [2.75, 3.05) is 25.9 Å². The van der Waals surface area contributed by atoms with Crippen LogP contribution in [0.3, 0.4) is 0 Å². The summed E-state index contributed by atoms with van der Waals surface area (Å²) in [5.74, 6) is 0.586. The SMILES string of the molecule is CSc1ccc(OC(C)C(=O)NCC2CNCC2O)cc1.Cl. The summed E-state index contributed by atoms with van der Waals surface area (Å²) in [6.45, 7) is 3.51. The van der Waals surface area contributed by atoms with Gasteiger partial charge in [0.25, 0.3) is 5.91 Å². The predicted molar refractivity (Wildman–Crippen MR) is 90.9 cm³/mol. The number of β-amino-alcohol motifs (C(OH)–C–C–N with tert-alkyl or cyclic N) is 1. The molecule has 1 aromatic rings. The third kappa shape index (κ3) is 5.35. The van der Waals surface area contributed by atoms with Gasteiger partial charge < -0.3 is 20.5 Å². The van der Waals surface area contributed by atoms with E-state index in [0.717, 1.165) is 11.4 Å². The van der Waals surface area contributed by atoms with Gasteiger partial charge in [-0.3, -0.25) is 4.79 Å². The largest absolute Gasteiger partial charge is 0.481 e. The van der Waals surface area contributed by atoms with E-state index in [1.54, 1.807) is 18.7 Å². The summed E-state index contributed by atoms with van der Waals surface area (Å²) in [7, 11) is 0. The second kappa shape index (κ2) is 9.25. The fourth-order valence-corrected chi connectivity index (χ4v) is 2.62. The molecule has 3 N–H and O–H groups in total. The highest BCUT2D eigenvalue weighted by atomic mass is 35.5. The standard InChI is InChI=1S/C15H22N2O3S.ClH/c1-10(20-12-3-5-13(21-2)6-4-12)15(19)17-8-11-7-16-9-14(11)18;/h3-6,10-11,14,16,18H,7-9H2,1-2H3,(H,17,19);1H. The van der Waals surface area contributed by atoms with Crippen molar-refractivity contribution in [3.8, 4) is 5.75 Å². The number of rotatable bonds is 6. The Kier molecular flexibility index (Phi) is 8.03. The lowest BCUT2D eigenvalue weighted by Gasteiger charge is -2.18. The van der Waals surface area contributed by atoms with Crippen molar-refractivity contribution >= 4 is 30.1 Å². The Bertz CT molecular complexity index is 472. The molecular weight excluding hydrogens is 324 g/mol. The van der Waals surface area contributed by atoms with Gasteiger partial charge in [0.2, 0.25) is 0 Å². The molecule has 1 aliphatic heterocycles. The second-order valence-electron chi connectivity index (χ2n) is 5.17. The van der Waals surface area contributed by atoms with Gasteiger partial charge in [0.05, 0.1) is 6.10 Å². The van der Waals surface area contributed by atoms with Crippen LogP contribution in [0.25, 0.3) is 0 Å². The normalized spacial score (nSPS) is 21.8. The van der Waals surface area contributed by atoms with Gasteiger partial charge in [-0.1, -0.05) is 0 Å². The fraction of sp³-hybridized carbons (Fsp3) is 0.533. The van der Waals surface area contributed by atoms with Gasteiger partial charge >= 0.3 is 0 Å². The van der Waals surface area contributed by atoms with E-state index < -0.39 is 6.10 Å². The number of thioether (sulfide) groups is 1. The van der Waals surface area contributed by atoms with E-state index in [4.69, 9.17) is 4.74 Å². The Labute approximate surface area is 141 Å². The Morgan fingerprint density at radius 2 is 2.14 bits per heavy atom. The minimum atomic E-state index is -0.559. The van der Waals surface area contributed by atoms with Crippen LogP contribution in [0.1, 0.15) is 6.92 Å². The molecule has 1 heterocycles. The van der Waals surface area contributed by atoms with Gasteiger partial charge in [0.1, 0.15) is 5.75 Å². The smallest absolute Gasteiger partial charge is 0.260 e. The van der Waals surface area contributed by atoms with E-state index in [1.807, 2.05) is 30.5 Å². The summed E-state index contributed by atoms with van der Waals surface area (Å²) in [4.78, 5) is 13.1. The molecule has 2 rings (SSSR count). The van der Waals surface area contributed by atoms with Gasteiger partial charge in [0, 0.05) is 30.4 Å². The molecular formula is C15H23ClN2O3S. The predicted octanol–water partition coefficient (Wildman–Crippen LogP) is 1.29. The summed E-state index contributed by atoms with van der Waals surface area (Å²) >= 11 is 1.66. The van der Waals surface area contributed by atoms with Crippen LogP contribution in [0.4, 0.5) is 0 Å². The van der Waals surface area contributed by atoms with E-state index in [-0.39, 0.29) is 30.3 Å². The van der Waals surface area contributed by atoms with E-state index >= 15 is 0 Å². The minimum Gasteiger partial charge on any atom is -0.481 e. The molecule has 22 heavy (non-hydrogen) atoms. The Balaban J connectivity index is 0.00000242. The number of ether oxygens (including phenoxy) is 1. The van der Waals surface area contributed by atoms with E-state index in [0.29, 0.717) is 18.8 Å². The van der Waals surface area contributed by atoms with Crippen molar-refractivity contribution < 1.29 is 14.6 Å². The molecule has 0 saturated carbocycles. The lowest BCUT2D eigenvalue weighted by Crippen LogP contribution is -2.41. The third-order valence-electron chi connectivity index (χ3n) is 3.58. The number of carbonyl (C=O) groups is 1. The number of hydrogen-bond donors (Lipinski definition) is 3. The Hall–Kier alpha value is -0.950. The first kappa shape index (κ1) is 19.1. The van der Waals surface area contributed by atoms with Crippen molar-refractivity contribution in [3.05, 3.63) is 24.3 Å². The van der Waals surface area contributed by atoms with Gasteiger partial charge in [-0.05, 0) is 37.4 Å². The average molecular weight is 347 g/mol. The van der Waals surface area contributed by atoms with E-state index in [2.05, 4.69) is 10.6 Å². The first-order chi connectivity index (χ1) is 10.1. The first-order valence-corrected chi connectivity index (χ1v) is 8.30. The van der Waals surface area contributed by atoms with Gasteiger partial charge in [-0.25, -0.2) is 0 Å². The fourth-order valence-electron chi connectivity index (χ4n) is 2.21. The molecule has 3 atom stereocenters. The summed E-state index contributed by atoms with van der Waals surface area (Å²) in [5.41, 5.74) is 0. The number of hydrogen-bond acceptors (Lipinski definition) is 5. The number of aliphatic hydroxyl groups is 1. The summed E-state index contributed by atoms with van der Waals surface area (Å²) < 4.78 is 5.62. The quantitative estimate of drug-likeness (QED) is 0.677. The van der Waals surface area contributed by atoms with Gasteiger partial charge in [-0.15, -0.1) is 24.2 Å². The molecule has 0 spiro atoms. The highest BCUT2D eigenvalue weighted by molar-refractivity contribution is 7.98. The first-order valence-electron chi connectivity index (χ1n) is 7.07. The molecule has 0 radical (unpaired) electrons. The van der Waals surface area contributed by atoms with E-state index in [9.17, 15) is 9.90 Å². The van der Waals surface area contributed by atoms with Crippen LogP contribution in [-0.2, 0) is 4.79 Å². The maximum Gasteiger partial charge on any atom is 0.260 e. The van der Waals surface area contributed by atoms with E-state index in [1.165, 1.54) is 0 Å². The summed E-state index contributed by atoms with van der Waals surface area (Å²) in [6.07, 6.45) is 1.07. The molecule has 1 amide bonds. The Morgan fingerprint density at radius 1 is 1.45 bits per heavy atom. The van der Waals surface area contributed by atoms with Gasteiger partial charge in [-0.2, -0.15) is 0 Å². The average Bonchev–Trinajstić information content (AvgIpc) is 2.90. The molecule has 0 bridgehead atoms. The molecule has 5 nitrogen and oxygen atoms in total. The van der Waals surface area contributed by atoms with Crippen molar-refractivity contribution in [1.29, 1.82) is 0 Å². The summed E-state index contributed by atoms with van der Waals surface area (Å²) in [5, 5.41) is 15.6. The van der Waals surface area contributed by atoms with Crippen LogP contribution in [0, 0.1) is 5.92 Å². The highest BCUT2D eigenvalue weighted by Gasteiger charge is 2.26. The molecule has 124 valence electrons. The zero-order chi connectivity index (χ0) is 15.2. The highest BCUT2D eigenvalue weighted by Crippen LogP contribution is 2.19. The summed E-state index contributed by atoms with van der Waals surface area (Å²) in [6, 6.07) is 7.65. The van der Waals surface area contributed by atoms with Crippen LogP contribution in [-0.4, -0.2) is 49.1 Å². The van der Waals surface area contributed by atoms with Crippen molar-refractivity contribution in [3.63, 3.8) is 0 Å². The van der Waals surface area contributed by atoms with Crippen LogP contribution in [0.5, 0.6) is 5.75 Å². The van der Waals surface area contributed by atoms with Crippen LogP contribution >= 0.6 is 24.2 Å². The second-order valence-corrected chi connectivity index (χ2v) is 6.05. The van der Waals surface area contributed by atoms with Gasteiger partial charge in [0.15, 0.2) is 6.10 Å². The topological polar surface area (TPSA) is 70.6 Å². The molecule has 0 aromatic heterocycles. The molecule has 1 aromatic carbocycles. The molecule has 1 fully saturated rings. The minimum absolute atomic E-state index is 0. The lowest BCUT2D eigenvalue weighted by atomic mass is 10.1. The van der Waals surface area contributed by atoms with Crippen molar-refractivity contribution in [2.45, 2.75) is 24.0 Å². The number of halogens is 1. The number of benzene rings is 1. The zero-order valence-electron chi connectivity index (χ0n) is 12.7. The zero-order valence-corrected chi connectivity index (χ0v) is 14.4. The molecule has 1 aliphatic rings. The molecule has 1 saturated heterocycles. The third-order valence-corrected chi connectivity index (χ3v) is 4.33. The number of nitrogens with one attached hydrogen (secondary N) is 2. The van der Waals surface area contributed by atoms with Crippen LogP contribution in [0.2, 0.25) is 0 Å². The molecule has 0 aliphatic carbocycles. The maximum absolute atomic E-state index is 12.0. The maximum atomic E-state index is 12.0. The van der Waals surface area contributed by atoms with Crippen LogP contribution < -0.4 is 15.4 Å². The number of carbonyl (C=O) groups excluding carboxylic acids is 1. The Morgan fingerprint density at radius 3 is 2.68 bits per heavy atom. The molecule has 3 unspecified atom stereocenters.